The minimum atomic E-state index is -0.397. The van der Waals surface area contributed by atoms with Crippen LogP contribution in [0.5, 0.6) is 23.1 Å². The molecular formula is C20H16Cl2N2O4. The van der Waals surface area contributed by atoms with Crippen LogP contribution in [0, 0.1) is 0 Å². The molecule has 0 spiro atoms. The standard InChI is InChI=1S/C20H16Cl2N2O4/c1-26-17-7-11-5-6-24-15(13(11)9-18(17)27-2)10-19(23-20(24)25)28-16-8-12(21)3-4-14(16)22/h3-4,7-10H,5-6H2,1-2H3. The number of benzene rings is 2. The smallest absolute Gasteiger partial charge is 0.351 e. The third-order valence-electron chi connectivity index (χ3n) is 4.59. The summed E-state index contributed by atoms with van der Waals surface area (Å²) in [6.07, 6.45) is 0.685. The predicted octanol–water partition coefficient (Wildman–Crippen LogP) is 4.58. The molecule has 3 aromatic rings. The number of hydrogen-bond donors (Lipinski definition) is 0. The maximum atomic E-state index is 12.6. The van der Waals surface area contributed by atoms with Crippen LogP contribution < -0.4 is 19.9 Å². The average molecular weight is 419 g/mol. The van der Waals surface area contributed by atoms with Crippen molar-refractivity contribution in [1.29, 1.82) is 0 Å². The molecule has 0 radical (unpaired) electrons. The van der Waals surface area contributed by atoms with E-state index < -0.39 is 5.69 Å². The second-order valence-corrected chi connectivity index (χ2v) is 7.05. The SMILES string of the molecule is COc1cc2c(cc1OC)-c1cc(Oc3cc(Cl)ccc3Cl)nc(=O)n1CC2. The number of aryl methyl sites for hydroxylation is 1. The second-order valence-electron chi connectivity index (χ2n) is 6.20. The number of ether oxygens (including phenoxy) is 3. The van der Waals surface area contributed by atoms with Gasteiger partial charge in [-0.2, -0.15) is 4.98 Å². The van der Waals surface area contributed by atoms with Crippen molar-refractivity contribution in [2.45, 2.75) is 13.0 Å². The van der Waals surface area contributed by atoms with E-state index in [2.05, 4.69) is 4.98 Å². The topological polar surface area (TPSA) is 62.6 Å². The summed E-state index contributed by atoms with van der Waals surface area (Å²) in [4.78, 5) is 16.6. The largest absolute Gasteiger partial charge is 0.493 e. The van der Waals surface area contributed by atoms with E-state index in [4.69, 9.17) is 37.4 Å². The average Bonchev–Trinajstić information content (AvgIpc) is 2.69. The highest BCUT2D eigenvalue weighted by Crippen LogP contribution is 2.39. The summed E-state index contributed by atoms with van der Waals surface area (Å²) in [6, 6.07) is 10.3. The summed E-state index contributed by atoms with van der Waals surface area (Å²) in [5, 5.41) is 0.840. The molecule has 4 rings (SSSR count). The Hall–Kier alpha value is -2.70. The Labute approximate surface area is 171 Å². The molecule has 0 aliphatic carbocycles. The lowest BCUT2D eigenvalue weighted by atomic mass is 9.97. The molecule has 0 bridgehead atoms. The lowest BCUT2D eigenvalue weighted by Crippen LogP contribution is -2.28. The number of rotatable bonds is 4. The number of hydrogen-bond acceptors (Lipinski definition) is 5. The Morgan fingerprint density at radius 2 is 1.75 bits per heavy atom. The lowest BCUT2D eigenvalue weighted by molar-refractivity contribution is 0.354. The van der Waals surface area contributed by atoms with Gasteiger partial charge in [0.05, 0.1) is 24.9 Å². The Balaban J connectivity index is 1.83. The lowest BCUT2D eigenvalue weighted by Gasteiger charge is -2.23. The van der Waals surface area contributed by atoms with E-state index in [0.717, 1.165) is 11.1 Å². The van der Waals surface area contributed by atoms with E-state index in [9.17, 15) is 4.79 Å². The molecule has 8 heteroatoms. The zero-order chi connectivity index (χ0) is 19.8. The Kier molecular flexibility index (Phi) is 4.91. The first-order valence-electron chi connectivity index (χ1n) is 8.50. The van der Waals surface area contributed by atoms with E-state index in [0.29, 0.717) is 46.0 Å². The fourth-order valence-electron chi connectivity index (χ4n) is 3.24. The molecule has 0 unspecified atom stereocenters. The van der Waals surface area contributed by atoms with Crippen LogP contribution in [0.1, 0.15) is 5.56 Å². The summed E-state index contributed by atoms with van der Waals surface area (Å²) in [5.41, 5.74) is 2.21. The second kappa shape index (κ2) is 7.37. The zero-order valence-corrected chi connectivity index (χ0v) is 16.7. The minimum Gasteiger partial charge on any atom is -0.493 e. The molecule has 28 heavy (non-hydrogen) atoms. The molecule has 2 heterocycles. The van der Waals surface area contributed by atoms with Crippen molar-refractivity contribution >= 4 is 23.2 Å². The van der Waals surface area contributed by atoms with Crippen molar-refractivity contribution < 1.29 is 14.2 Å². The summed E-state index contributed by atoms with van der Waals surface area (Å²) in [7, 11) is 3.17. The Bertz CT molecular complexity index is 1130. The van der Waals surface area contributed by atoms with Crippen LogP contribution in [0.3, 0.4) is 0 Å². The van der Waals surface area contributed by atoms with Crippen molar-refractivity contribution in [2.24, 2.45) is 0 Å². The van der Waals surface area contributed by atoms with E-state index in [1.807, 2.05) is 12.1 Å². The van der Waals surface area contributed by atoms with Crippen LogP contribution in [-0.4, -0.2) is 23.8 Å². The Morgan fingerprint density at radius 3 is 2.50 bits per heavy atom. The van der Waals surface area contributed by atoms with Gasteiger partial charge in [-0.25, -0.2) is 4.79 Å². The monoisotopic (exact) mass is 418 g/mol. The molecule has 0 N–H and O–H groups in total. The van der Waals surface area contributed by atoms with Crippen molar-refractivity contribution in [3.8, 4) is 34.4 Å². The highest BCUT2D eigenvalue weighted by molar-refractivity contribution is 6.34. The zero-order valence-electron chi connectivity index (χ0n) is 15.2. The number of aromatic nitrogens is 2. The summed E-state index contributed by atoms with van der Waals surface area (Å²) >= 11 is 12.2. The molecule has 144 valence electrons. The van der Waals surface area contributed by atoms with Crippen molar-refractivity contribution in [2.75, 3.05) is 14.2 Å². The Morgan fingerprint density at radius 1 is 1.00 bits per heavy atom. The van der Waals surface area contributed by atoms with E-state index in [1.165, 1.54) is 0 Å². The van der Waals surface area contributed by atoms with Crippen molar-refractivity contribution in [1.82, 2.24) is 9.55 Å². The number of nitrogens with zero attached hydrogens (tertiary/aromatic N) is 2. The normalized spacial score (nSPS) is 12.1. The summed E-state index contributed by atoms with van der Waals surface area (Å²) < 4.78 is 18.2. The van der Waals surface area contributed by atoms with Crippen LogP contribution in [0.25, 0.3) is 11.3 Å². The number of halogens is 2. The third kappa shape index (κ3) is 3.30. The van der Waals surface area contributed by atoms with Crippen molar-refractivity contribution in [3.05, 3.63) is 62.5 Å². The van der Waals surface area contributed by atoms with Gasteiger partial charge >= 0.3 is 5.69 Å². The van der Waals surface area contributed by atoms with Crippen LogP contribution in [-0.2, 0) is 13.0 Å². The molecule has 1 aromatic heterocycles. The molecule has 2 aromatic carbocycles. The minimum absolute atomic E-state index is 0.142. The quantitative estimate of drug-likeness (QED) is 0.620. The summed E-state index contributed by atoms with van der Waals surface area (Å²) in [6.45, 7) is 0.516. The first-order chi connectivity index (χ1) is 13.5. The highest BCUT2D eigenvalue weighted by Gasteiger charge is 2.22. The molecular weight excluding hydrogens is 403 g/mol. The van der Waals surface area contributed by atoms with Gasteiger partial charge in [0.25, 0.3) is 0 Å². The van der Waals surface area contributed by atoms with Gasteiger partial charge < -0.3 is 14.2 Å². The third-order valence-corrected chi connectivity index (χ3v) is 5.13. The molecule has 0 fully saturated rings. The van der Waals surface area contributed by atoms with Gasteiger partial charge in [0.1, 0.15) is 5.75 Å². The molecule has 0 amide bonds. The van der Waals surface area contributed by atoms with Crippen LogP contribution in [0.2, 0.25) is 10.0 Å². The van der Waals surface area contributed by atoms with E-state index in [-0.39, 0.29) is 5.88 Å². The molecule has 6 nitrogen and oxygen atoms in total. The highest BCUT2D eigenvalue weighted by atomic mass is 35.5. The molecule has 0 saturated carbocycles. The van der Waals surface area contributed by atoms with Gasteiger partial charge in [-0.1, -0.05) is 23.2 Å². The van der Waals surface area contributed by atoms with Crippen LogP contribution in [0.4, 0.5) is 0 Å². The van der Waals surface area contributed by atoms with Gasteiger partial charge in [-0.05, 0) is 36.2 Å². The van der Waals surface area contributed by atoms with Gasteiger partial charge in [0.2, 0.25) is 5.88 Å². The molecule has 1 aliphatic rings. The summed E-state index contributed by atoms with van der Waals surface area (Å²) in [5.74, 6) is 1.70. The first-order valence-corrected chi connectivity index (χ1v) is 9.26. The van der Waals surface area contributed by atoms with Crippen LogP contribution >= 0.6 is 23.2 Å². The number of methoxy groups -OCH3 is 2. The molecule has 0 atom stereocenters. The maximum absolute atomic E-state index is 12.6. The number of fused-ring (bicyclic) bond motifs is 3. The fourth-order valence-corrected chi connectivity index (χ4v) is 3.56. The molecule has 0 saturated heterocycles. The predicted molar refractivity (Wildman–Crippen MR) is 107 cm³/mol. The van der Waals surface area contributed by atoms with Gasteiger partial charge in [0, 0.05) is 29.3 Å². The van der Waals surface area contributed by atoms with Gasteiger partial charge in [-0.15, -0.1) is 0 Å². The maximum Gasteiger partial charge on any atom is 0.351 e. The van der Waals surface area contributed by atoms with Gasteiger partial charge in [0.15, 0.2) is 11.5 Å². The van der Waals surface area contributed by atoms with Gasteiger partial charge in [-0.3, -0.25) is 4.57 Å². The van der Waals surface area contributed by atoms with Crippen molar-refractivity contribution in [3.63, 3.8) is 0 Å². The fraction of sp³-hybridized carbons (Fsp3) is 0.200. The van der Waals surface area contributed by atoms with E-state index in [1.54, 1.807) is 43.1 Å². The van der Waals surface area contributed by atoms with E-state index >= 15 is 0 Å². The van der Waals surface area contributed by atoms with Crippen LogP contribution in [0.15, 0.2) is 41.2 Å². The first kappa shape index (κ1) is 18.7. The molecule has 1 aliphatic heterocycles.